The number of benzene rings is 1. The number of halogens is 1. The van der Waals surface area contributed by atoms with Gasteiger partial charge in [-0.25, -0.2) is 4.98 Å². The monoisotopic (exact) mass is 373 g/mol. The molecule has 0 bridgehead atoms. The van der Waals surface area contributed by atoms with Crippen molar-refractivity contribution in [2.24, 2.45) is 5.10 Å². The van der Waals surface area contributed by atoms with Gasteiger partial charge in [0.25, 0.3) is 5.56 Å². The Morgan fingerprint density at radius 2 is 2.09 bits per heavy atom. The SMILES string of the molecule is Cc1ccc(C=Nn2c(C(C)C)nc3ccc(Br)cc3c2=O)o1. The minimum absolute atomic E-state index is 0.0613. The Kier molecular flexibility index (Phi) is 4.17. The van der Waals surface area contributed by atoms with Gasteiger partial charge in [0.15, 0.2) is 0 Å². The molecule has 0 saturated carbocycles. The summed E-state index contributed by atoms with van der Waals surface area (Å²) in [4.78, 5) is 17.4. The number of nitrogens with zero attached hydrogens (tertiary/aromatic N) is 3. The normalized spacial score (nSPS) is 11.9. The van der Waals surface area contributed by atoms with E-state index in [-0.39, 0.29) is 11.5 Å². The van der Waals surface area contributed by atoms with Crippen molar-refractivity contribution in [2.75, 3.05) is 0 Å². The van der Waals surface area contributed by atoms with Crippen LogP contribution in [0.25, 0.3) is 10.9 Å². The molecule has 0 N–H and O–H groups in total. The molecule has 1 aromatic carbocycles. The summed E-state index contributed by atoms with van der Waals surface area (Å²) < 4.78 is 7.64. The van der Waals surface area contributed by atoms with Crippen LogP contribution in [-0.2, 0) is 0 Å². The van der Waals surface area contributed by atoms with Gasteiger partial charge in [0.05, 0.1) is 17.1 Å². The Morgan fingerprint density at radius 1 is 1.30 bits per heavy atom. The molecular formula is C17H16BrN3O2. The van der Waals surface area contributed by atoms with Crippen LogP contribution >= 0.6 is 15.9 Å². The van der Waals surface area contributed by atoms with Gasteiger partial charge in [0.2, 0.25) is 0 Å². The van der Waals surface area contributed by atoms with E-state index in [2.05, 4.69) is 26.0 Å². The van der Waals surface area contributed by atoms with Crippen molar-refractivity contribution in [3.63, 3.8) is 0 Å². The van der Waals surface area contributed by atoms with Crippen LogP contribution in [0.1, 0.15) is 37.1 Å². The zero-order chi connectivity index (χ0) is 16.6. The van der Waals surface area contributed by atoms with Crippen LogP contribution in [0.4, 0.5) is 0 Å². The Morgan fingerprint density at radius 3 is 2.74 bits per heavy atom. The lowest BCUT2D eigenvalue weighted by Crippen LogP contribution is -2.23. The van der Waals surface area contributed by atoms with Crippen LogP contribution in [-0.4, -0.2) is 15.9 Å². The summed E-state index contributed by atoms with van der Waals surface area (Å²) in [6, 6.07) is 9.12. The van der Waals surface area contributed by atoms with Crippen molar-refractivity contribution in [2.45, 2.75) is 26.7 Å². The fourth-order valence-electron chi connectivity index (χ4n) is 2.29. The number of aromatic nitrogens is 2. The van der Waals surface area contributed by atoms with Gasteiger partial charge in [-0.15, -0.1) is 0 Å². The lowest BCUT2D eigenvalue weighted by molar-refractivity contribution is 0.527. The standard InChI is InChI=1S/C17H16BrN3O2/c1-10(2)16-20-15-7-5-12(18)8-14(15)17(22)21(16)19-9-13-6-4-11(3)23-13/h4-10H,1-3H3. The highest BCUT2D eigenvalue weighted by molar-refractivity contribution is 9.10. The van der Waals surface area contributed by atoms with Gasteiger partial charge in [-0.2, -0.15) is 9.78 Å². The number of furan rings is 1. The van der Waals surface area contributed by atoms with Gasteiger partial charge in [0, 0.05) is 10.4 Å². The highest BCUT2D eigenvalue weighted by atomic mass is 79.9. The lowest BCUT2D eigenvalue weighted by Gasteiger charge is -2.11. The van der Waals surface area contributed by atoms with E-state index in [0.29, 0.717) is 22.5 Å². The van der Waals surface area contributed by atoms with Gasteiger partial charge >= 0.3 is 0 Å². The predicted molar refractivity (Wildman–Crippen MR) is 94.2 cm³/mol. The maximum atomic E-state index is 12.8. The van der Waals surface area contributed by atoms with Crippen molar-refractivity contribution in [3.05, 3.63) is 62.5 Å². The summed E-state index contributed by atoms with van der Waals surface area (Å²) in [7, 11) is 0. The average Bonchev–Trinajstić information content (AvgIpc) is 2.92. The second-order valence-corrected chi connectivity index (χ2v) is 6.51. The number of fused-ring (bicyclic) bond motifs is 1. The molecule has 0 aliphatic rings. The smallest absolute Gasteiger partial charge is 0.282 e. The van der Waals surface area contributed by atoms with Crippen molar-refractivity contribution < 1.29 is 4.42 Å². The molecule has 0 saturated heterocycles. The van der Waals surface area contributed by atoms with E-state index in [4.69, 9.17) is 4.42 Å². The Labute approximate surface area is 141 Å². The van der Waals surface area contributed by atoms with Crippen molar-refractivity contribution in [3.8, 4) is 0 Å². The van der Waals surface area contributed by atoms with Gasteiger partial charge in [-0.3, -0.25) is 4.79 Å². The molecular weight excluding hydrogens is 358 g/mol. The van der Waals surface area contributed by atoms with Crippen molar-refractivity contribution in [1.29, 1.82) is 0 Å². The van der Waals surface area contributed by atoms with Gasteiger partial charge < -0.3 is 4.42 Å². The van der Waals surface area contributed by atoms with Crippen LogP contribution in [0, 0.1) is 6.92 Å². The number of hydrogen-bond donors (Lipinski definition) is 0. The third-order valence-electron chi connectivity index (χ3n) is 3.41. The zero-order valence-corrected chi connectivity index (χ0v) is 14.7. The first-order valence-electron chi connectivity index (χ1n) is 7.28. The van der Waals surface area contributed by atoms with Gasteiger partial charge in [0.1, 0.15) is 17.3 Å². The predicted octanol–water partition coefficient (Wildman–Crippen LogP) is 4.07. The minimum atomic E-state index is -0.195. The van der Waals surface area contributed by atoms with E-state index in [0.717, 1.165) is 10.2 Å². The first kappa shape index (κ1) is 15.7. The van der Waals surface area contributed by atoms with Crippen LogP contribution in [0.2, 0.25) is 0 Å². The molecule has 23 heavy (non-hydrogen) atoms. The first-order valence-corrected chi connectivity index (χ1v) is 8.08. The molecule has 0 unspecified atom stereocenters. The molecule has 0 radical (unpaired) electrons. The van der Waals surface area contributed by atoms with Crippen LogP contribution in [0.5, 0.6) is 0 Å². The summed E-state index contributed by atoms with van der Waals surface area (Å²) in [6.07, 6.45) is 1.53. The molecule has 3 aromatic rings. The number of rotatable bonds is 3. The molecule has 3 rings (SSSR count). The molecule has 118 valence electrons. The molecule has 2 aromatic heterocycles. The van der Waals surface area contributed by atoms with E-state index < -0.39 is 0 Å². The number of hydrogen-bond acceptors (Lipinski definition) is 4. The molecule has 0 aliphatic heterocycles. The fourth-order valence-corrected chi connectivity index (χ4v) is 2.65. The molecule has 6 heteroatoms. The van der Waals surface area contributed by atoms with Crippen LogP contribution < -0.4 is 5.56 Å². The van der Waals surface area contributed by atoms with E-state index in [1.807, 2.05) is 45.0 Å². The van der Waals surface area contributed by atoms with Crippen LogP contribution in [0.3, 0.4) is 0 Å². The Hall–Kier alpha value is -2.21. The molecule has 0 fully saturated rings. The van der Waals surface area contributed by atoms with Crippen molar-refractivity contribution >= 4 is 33.0 Å². The third-order valence-corrected chi connectivity index (χ3v) is 3.90. The molecule has 0 spiro atoms. The topological polar surface area (TPSA) is 60.4 Å². The Balaban J connectivity index is 2.20. The summed E-state index contributed by atoms with van der Waals surface area (Å²) in [5.74, 6) is 2.07. The Bertz CT molecular complexity index is 954. The first-order chi connectivity index (χ1) is 11.0. The molecule has 0 aliphatic carbocycles. The van der Waals surface area contributed by atoms with Crippen molar-refractivity contribution in [1.82, 2.24) is 9.66 Å². The highest BCUT2D eigenvalue weighted by Gasteiger charge is 2.13. The molecule has 2 heterocycles. The summed E-state index contributed by atoms with van der Waals surface area (Å²) in [6.45, 7) is 5.82. The zero-order valence-electron chi connectivity index (χ0n) is 13.1. The van der Waals surface area contributed by atoms with E-state index >= 15 is 0 Å². The summed E-state index contributed by atoms with van der Waals surface area (Å²) in [5, 5.41) is 4.82. The van der Waals surface area contributed by atoms with Gasteiger partial charge in [-0.1, -0.05) is 29.8 Å². The largest absolute Gasteiger partial charge is 0.460 e. The third kappa shape index (κ3) is 3.12. The highest BCUT2D eigenvalue weighted by Crippen LogP contribution is 2.18. The van der Waals surface area contributed by atoms with E-state index in [1.54, 1.807) is 6.07 Å². The fraction of sp³-hybridized carbons (Fsp3) is 0.235. The second-order valence-electron chi connectivity index (χ2n) is 5.60. The van der Waals surface area contributed by atoms with E-state index in [1.165, 1.54) is 10.9 Å². The van der Waals surface area contributed by atoms with Gasteiger partial charge in [-0.05, 0) is 37.3 Å². The van der Waals surface area contributed by atoms with Crippen LogP contribution in [0.15, 0.2) is 49.1 Å². The second kappa shape index (κ2) is 6.12. The minimum Gasteiger partial charge on any atom is -0.460 e. The lowest BCUT2D eigenvalue weighted by atomic mass is 10.2. The molecule has 0 atom stereocenters. The molecule has 5 nitrogen and oxygen atoms in total. The summed E-state index contributed by atoms with van der Waals surface area (Å²) >= 11 is 3.39. The average molecular weight is 374 g/mol. The maximum absolute atomic E-state index is 12.8. The maximum Gasteiger partial charge on any atom is 0.282 e. The quantitative estimate of drug-likeness (QED) is 0.650. The summed E-state index contributed by atoms with van der Waals surface area (Å²) in [5.41, 5.74) is 0.474. The van der Waals surface area contributed by atoms with E-state index in [9.17, 15) is 4.79 Å². The molecule has 0 amide bonds. The number of aryl methyl sites for hydroxylation is 1.